The molecule has 0 rings (SSSR count). The van der Waals surface area contributed by atoms with Crippen LogP contribution < -0.4 is 5.73 Å². The van der Waals surface area contributed by atoms with Crippen molar-refractivity contribution in [3.05, 3.63) is 0 Å². The van der Waals surface area contributed by atoms with Crippen molar-refractivity contribution in [1.82, 2.24) is 0 Å². The van der Waals surface area contributed by atoms with E-state index in [4.69, 9.17) is 10.5 Å². The first-order chi connectivity index (χ1) is 12.2. The fourth-order valence-electron chi connectivity index (χ4n) is 3.12. The molecule has 0 heterocycles. The van der Waals surface area contributed by atoms with Gasteiger partial charge in [-0.1, -0.05) is 98.3 Å². The van der Waals surface area contributed by atoms with E-state index in [1.54, 1.807) is 0 Å². The minimum atomic E-state index is -0.942. The lowest BCUT2D eigenvalue weighted by molar-refractivity contribution is -0.162. The van der Waals surface area contributed by atoms with E-state index in [-0.39, 0.29) is 17.3 Å². The van der Waals surface area contributed by atoms with Crippen molar-refractivity contribution in [2.45, 2.75) is 124 Å². The highest BCUT2D eigenvalue weighted by Crippen LogP contribution is 2.33. The third kappa shape index (κ3) is 11.9. The van der Waals surface area contributed by atoms with Crippen LogP contribution in [0.4, 0.5) is 0 Å². The minimum Gasteiger partial charge on any atom is -0.444 e. The van der Waals surface area contributed by atoms with E-state index in [2.05, 4.69) is 20.8 Å². The number of hydrogen-bond donors (Lipinski definition) is 2. The first-order valence-electron chi connectivity index (χ1n) is 10.9. The van der Waals surface area contributed by atoms with Gasteiger partial charge in [-0.2, -0.15) is 0 Å². The summed E-state index contributed by atoms with van der Waals surface area (Å²) in [4.78, 5) is 12.2. The molecule has 0 saturated heterocycles. The van der Waals surface area contributed by atoms with E-state index in [0.29, 0.717) is 0 Å². The van der Waals surface area contributed by atoms with Gasteiger partial charge < -0.3 is 9.84 Å². The van der Waals surface area contributed by atoms with Crippen LogP contribution in [0, 0.1) is 11.3 Å². The molecule has 0 aromatic heterocycles. The summed E-state index contributed by atoms with van der Waals surface area (Å²) in [6, 6.07) is 0. The van der Waals surface area contributed by atoms with Crippen molar-refractivity contribution >= 4 is 5.97 Å². The molecule has 26 heavy (non-hydrogen) atoms. The van der Waals surface area contributed by atoms with Crippen LogP contribution >= 0.6 is 0 Å². The predicted octanol–water partition coefficient (Wildman–Crippen LogP) is 5.56. The normalized spacial score (nSPS) is 15.5. The molecule has 4 nitrogen and oxygen atoms in total. The van der Waals surface area contributed by atoms with Crippen molar-refractivity contribution in [3.8, 4) is 0 Å². The average Bonchev–Trinajstić information content (AvgIpc) is 2.58. The Hall–Kier alpha value is -0.610. The number of carbonyl (C=O) groups excluding carboxylic acids is 1. The Morgan fingerprint density at radius 2 is 1.35 bits per heavy atom. The SMILES string of the molecule is CCCCCCCCCCCCCC(C)(C)C(C)C(=O)OC(N)C(C)O. The monoisotopic (exact) mass is 371 g/mol. The van der Waals surface area contributed by atoms with Gasteiger partial charge in [-0.15, -0.1) is 0 Å². The summed E-state index contributed by atoms with van der Waals surface area (Å²) in [5, 5.41) is 9.37. The first-order valence-corrected chi connectivity index (χ1v) is 10.9. The first kappa shape index (κ1) is 25.4. The van der Waals surface area contributed by atoms with E-state index in [1.165, 1.54) is 71.1 Å². The lowest BCUT2D eigenvalue weighted by Gasteiger charge is -2.31. The van der Waals surface area contributed by atoms with Crippen molar-refractivity contribution < 1.29 is 14.6 Å². The van der Waals surface area contributed by atoms with Gasteiger partial charge in [-0.05, 0) is 18.8 Å². The molecular weight excluding hydrogens is 326 g/mol. The Kier molecular flexibility index (Phi) is 14.1. The Morgan fingerprint density at radius 3 is 1.77 bits per heavy atom. The molecule has 0 fully saturated rings. The third-order valence-electron chi connectivity index (χ3n) is 5.68. The second kappa shape index (κ2) is 14.4. The van der Waals surface area contributed by atoms with Crippen molar-refractivity contribution in [3.63, 3.8) is 0 Å². The lowest BCUT2D eigenvalue weighted by atomic mass is 9.76. The topological polar surface area (TPSA) is 72.5 Å². The van der Waals surface area contributed by atoms with Crippen molar-refractivity contribution in [2.24, 2.45) is 17.1 Å². The molecule has 0 amide bonds. The van der Waals surface area contributed by atoms with Crippen LogP contribution in [0.25, 0.3) is 0 Å². The van der Waals surface area contributed by atoms with Gasteiger partial charge in [0.2, 0.25) is 0 Å². The number of nitrogens with two attached hydrogens (primary N) is 1. The zero-order valence-electron chi connectivity index (χ0n) is 18.1. The number of aliphatic hydroxyl groups excluding tert-OH is 1. The Bertz CT molecular complexity index is 355. The molecule has 0 saturated carbocycles. The Labute approximate surface area is 162 Å². The number of aliphatic hydroxyl groups is 1. The summed E-state index contributed by atoms with van der Waals surface area (Å²) in [6.45, 7) is 9.91. The van der Waals surface area contributed by atoms with Crippen LogP contribution in [0.1, 0.15) is 112 Å². The van der Waals surface area contributed by atoms with Crippen LogP contribution in [-0.2, 0) is 9.53 Å². The van der Waals surface area contributed by atoms with Gasteiger partial charge in [-0.25, -0.2) is 0 Å². The van der Waals surface area contributed by atoms with E-state index >= 15 is 0 Å². The van der Waals surface area contributed by atoms with Gasteiger partial charge >= 0.3 is 5.97 Å². The van der Waals surface area contributed by atoms with Crippen LogP contribution in [0.3, 0.4) is 0 Å². The zero-order valence-corrected chi connectivity index (χ0v) is 18.1. The molecular formula is C22H45NO3. The van der Waals surface area contributed by atoms with Crippen molar-refractivity contribution in [2.75, 3.05) is 0 Å². The van der Waals surface area contributed by atoms with Gasteiger partial charge in [0, 0.05) is 0 Å². The Morgan fingerprint density at radius 1 is 0.923 bits per heavy atom. The zero-order chi connectivity index (χ0) is 20.0. The largest absolute Gasteiger partial charge is 0.444 e. The second-order valence-electron chi connectivity index (χ2n) is 8.64. The molecule has 0 aliphatic rings. The summed E-state index contributed by atoms with van der Waals surface area (Å²) in [6.07, 6.45) is 13.8. The molecule has 4 heteroatoms. The summed E-state index contributed by atoms with van der Waals surface area (Å²) < 4.78 is 5.16. The fraction of sp³-hybridized carbons (Fsp3) is 0.955. The smallest absolute Gasteiger partial charge is 0.310 e. The maximum absolute atomic E-state index is 12.2. The molecule has 0 bridgehead atoms. The quantitative estimate of drug-likeness (QED) is 0.212. The molecule has 0 aliphatic carbocycles. The van der Waals surface area contributed by atoms with Crippen LogP contribution in [0.5, 0.6) is 0 Å². The lowest BCUT2D eigenvalue weighted by Crippen LogP contribution is -2.41. The summed E-state index contributed by atoms with van der Waals surface area (Å²) in [5.41, 5.74) is 5.50. The fourth-order valence-corrected chi connectivity index (χ4v) is 3.12. The van der Waals surface area contributed by atoms with E-state index in [9.17, 15) is 9.90 Å². The molecule has 3 unspecified atom stereocenters. The average molecular weight is 372 g/mol. The molecule has 0 aromatic rings. The van der Waals surface area contributed by atoms with Gasteiger partial charge in [0.05, 0.1) is 5.92 Å². The van der Waals surface area contributed by atoms with Gasteiger partial charge in [0.25, 0.3) is 0 Å². The number of esters is 1. The summed E-state index contributed by atoms with van der Waals surface area (Å²) in [5.74, 6) is -0.540. The van der Waals surface area contributed by atoms with Gasteiger partial charge in [-0.3, -0.25) is 10.5 Å². The minimum absolute atomic E-state index is 0.116. The predicted molar refractivity (Wildman–Crippen MR) is 110 cm³/mol. The highest BCUT2D eigenvalue weighted by molar-refractivity contribution is 5.73. The third-order valence-corrected chi connectivity index (χ3v) is 5.68. The maximum Gasteiger partial charge on any atom is 0.310 e. The van der Waals surface area contributed by atoms with Crippen molar-refractivity contribution in [1.29, 1.82) is 0 Å². The highest BCUT2D eigenvalue weighted by Gasteiger charge is 2.33. The van der Waals surface area contributed by atoms with Crippen LogP contribution in [0.15, 0.2) is 0 Å². The molecule has 0 radical (unpaired) electrons. The Balaban J connectivity index is 3.81. The number of carbonyl (C=O) groups is 1. The number of unbranched alkanes of at least 4 members (excludes halogenated alkanes) is 10. The van der Waals surface area contributed by atoms with Gasteiger partial charge in [0.15, 0.2) is 6.23 Å². The second-order valence-corrected chi connectivity index (χ2v) is 8.64. The molecule has 0 spiro atoms. The standard InChI is InChI=1S/C22H45NO3/c1-6-7-8-9-10-11-12-13-14-15-16-17-22(4,5)18(2)21(25)26-20(23)19(3)24/h18-20,24H,6-17,23H2,1-5H3. The molecule has 156 valence electrons. The van der Waals surface area contributed by atoms with E-state index < -0.39 is 12.3 Å². The highest BCUT2D eigenvalue weighted by atomic mass is 16.6. The van der Waals surface area contributed by atoms with Crippen LogP contribution in [-0.4, -0.2) is 23.4 Å². The van der Waals surface area contributed by atoms with Crippen LogP contribution in [0.2, 0.25) is 0 Å². The number of hydrogen-bond acceptors (Lipinski definition) is 4. The molecule has 0 aromatic carbocycles. The molecule has 0 aliphatic heterocycles. The number of rotatable bonds is 16. The molecule has 3 N–H and O–H groups in total. The van der Waals surface area contributed by atoms with E-state index in [1.807, 2.05) is 6.92 Å². The summed E-state index contributed by atoms with van der Waals surface area (Å²) >= 11 is 0. The van der Waals surface area contributed by atoms with E-state index in [0.717, 1.165) is 12.8 Å². The number of ether oxygens (including phenoxy) is 1. The van der Waals surface area contributed by atoms with Gasteiger partial charge in [0.1, 0.15) is 6.10 Å². The maximum atomic E-state index is 12.2. The summed E-state index contributed by atoms with van der Waals surface area (Å²) in [7, 11) is 0. The molecule has 3 atom stereocenters.